The van der Waals surface area contributed by atoms with Gasteiger partial charge in [-0.15, -0.1) is 0 Å². The van der Waals surface area contributed by atoms with Crippen molar-refractivity contribution in [1.29, 1.82) is 0 Å². The Kier molecular flexibility index (Phi) is 7.73. The number of carbonyl (C=O) groups is 2. The molecular formula is C22H29N3O4. The molecule has 0 fully saturated rings. The molecule has 0 aliphatic carbocycles. The van der Waals surface area contributed by atoms with Crippen LogP contribution in [0.15, 0.2) is 48.8 Å². The van der Waals surface area contributed by atoms with Gasteiger partial charge in [-0.25, -0.2) is 0 Å². The molecule has 0 saturated heterocycles. The first-order valence-corrected chi connectivity index (χ1v) is 9.48. The first-order chi connectivity index (χ1) is 13.6. The molecule has 0 unspecified atom stereocenters. The highest BCUT2D eigenvalue weighted by Crippen LogP contribution is 2.21. The van der Waals surface area contributed by atoms with Crippen LogP contribution in [0.4, 0.5) is 0 Å². The summed E-state index contributed by atoms with van der Waals surface area (Å²) in [6.07, 6.45) is 3.28. The van der Waals surface area contributed by atoms with E-state index in [1.807, 2.05) is 19.0 Å². The Balaban J connectivity index is 2.09. The summed E-state index contributed by atoms with van der Waals surface area (Å²) in [5, 5.41) is 0. The predicted molar refractivity (Wildman–Crippen MR) is 111 cm³/mol. The number of benzene rings is 1. The number of hydrogen-bond acceptors (Lipinski definition) is 6. The van der Waals surface area contributed by atoms with Crippen molar-refractivity contribution in [3.05, 3.63) is 54.4 Å². The molecule has 0 aliphatic heterocycles. The van der Waals surface area contributed by atoms with Crippen LogP contribution in [-0.4, -0.2) is 66.0 Å². The van der Waals surface area contributed by atoms with E-state index in [9.17, 15) is 9.59 Å². The average molecular weight is 399 g/mol. The van der Waals surface area contributed by atoms with Gasteiger partial charge >= 0.3 is 5.97 Å². The lowest BCUT2D eigenvalue weighted by molar-refractivity contribution is -0.155. The van der Waals surface area contributed by atoms with Crippen molar-refractivity contribution in [1.82, 2.24) is 14.8 Å². The van der Waals surface area contributed by atoms with Crippen molar-refractivity contribution in [2.24, 2.45) is 0 Å². The minimum Gasteiger partial charge on any atom is -0.459 e. The summed E-state index contributed by atoms with van der Waals surface area (Å²) in [7, 11) is 3.83. The van der Waals surface area contributed by atoms with Crippen LogP contribution in [0.3, 0.4) is 0 Å². The zero-order chi connectivity index (χ0) is 21.4. The quantitative estimate of drug-likeness (QED) is 0.635. The van der Waals surface area contributed by atoms with Gasteiger partial charge in [0.1, 0.15) is 23.6 Å². The molecule has 1 aromatic heterocycles. The van der Waals surface area contributed by atoms with Crippen molar-refractivity contribution < 1.29 is 19.1 Å². The third-order valence-electron chi connectivity index (χ3n) is 3.82. The molecule has 0 aliphatic rings. The lowest BCUT2D eigenvalue weighted by atomic mass is 10.2. The second-order valence-electron chi connectivity index (χ2n) is 7.93. The van der Waals surface area contributed by atoms with Crippen LogP contribution in [0.2, 0.25) is 0 Å². The highest BCUT2D eigenvalue weighted by atomic mass is 16.6. The van der Waals surface area contributed by atoms with E-state index in [4.69, 9.17) is 9.47 Å². The minimum absolute atomic E-state index is 0.0993. The van der Waals surface area contributed by atoms with Gasteiger partial charge in [-0.1, -0.05) is 0 Å². The number of esters is 1. The number of hydrogen-bond donors (Lipinski definition) is 0. The monoisotopic (exact) mass is 399 g/mol. The van der Waals surface area contributed by atoms with Gasteiger partial charge in [-0.3, -0.25) is 14.6 Å². The van der Waals surface area contributed by atoms with Gasteiger partial charge < -0.3 is 19.3 Å². The molecule has 0 spiro atoms. The summed E-state index contributed by atoms with van der Waals surface area (Å²) in [4.78, 5) is 32.7. The van der Waals surface area contributed by atoms with Gasteiger partial charge in [0, 0.05) is 24.8 Å². The maximum atomic E-state index is 13.0. The lowest BCUT2D eigenvalue weighted by Gasteiger charge is -2.26. The molecule has 2 aromatic rings. The number of ether oxygens (including phenoxy) is 2. The Hall–Kier alpha value is -2.93. The van der Waals surface area contributed by atoms with Crippen LogP contribution < -0.4 is 4.74 Å². The molecular weight excluding hydrogens is 370 g/mol. The van der Waals surface area contributed by atoms with E-state index in [1.165, 1.54) is 4.90 Å². The average Bonchev–Trinajstić information content (AvgIpc) is 2.64. The molecule has 0 saturated carbocycles. The number of pyridine rings is 1. The maximum absolute atomic E-state index is 13.0. The van der Waals surface area contributed by atoms with Gasteiger partial charge in [-0.2, -0.15) is 0 Å². The van der Waals surface area contributed by atoms with Crippen molar-refractivity contribution in [2.75, 3.05) is 33.7 Å². The second-order valence-corrected chi connectivity index (χ2v) is 7.93. The summed E-state index contributed by atoms with van der Waals surface area (Å²) in [6.45, 7) is 6.36. The van der Waals surface area contributed by atoms with Gasteiger partial charge in [0.15, 0.2) is 0 Å². The summed E-state index contributed by atoms with van der Waals surface area (Å²) in [6, 6.07) is 10.4. The fraction of sp³-hybridized carbons (Fsp3) is 0.409. The molecule has 0 bridgehead atoms. The van der Waals surface area contributed by atoms with E-state index >= 15 is 0 Å². The number of rotatable bonds is 8. The molecule has 0 radical (unpaired) electrons. The highest BCUT2D eigenvalue weighted by Gasteiger charge is 2.23. The normalized spacial score (nSPS) is 11.2. The van der Waals surface area contributed by atoms with Crippen molar-refractivity contribution in [3.63, 3.8) is 0 Å². The summed E-state index contributed by atoms with van der Waals surface area (Å²) < 4.78 is 11.1. The first-order valence-electron chi connectivity index (χ1n) is 9.48. The number of likely N-dealkylation sites (N-methyl/N-ethyl adjacent to an activating group) is 1. The van der Waals surface area contributed by atoms with Gasteiger partial charge in [0.2, 0.25) is 0 Å². The Labute approximate surface area is 172 Å². The first kappa shape index (κ1) is 22.4. The van der Waals surface area contributed by atoms with E-state index in [0.29, 0.717) is 30.2 Å². The number of amides is 1. The van der Waals surface area contributed by atoms with Crippen molar-refractivity contribution >= 4 is 11.9 Å². The minimum atomic E-state index is -0.599. The summed E-state index contributed by atoms with van der Waals surface area (Å²) >= 11 is 0. The van der Waals surface area contributed by atoms with Crippen LogP contribution in [0, 0.1) is 0 Å². The Morgan fingerprint density at radius 1 is 1.00 bits per heavy atom. The number of nitrogens with zero attached hydrogens (tertiary/aromatic N) is 3. The lowest BCUT2D eigenvalue weighted by Crippen LogP contribution is -2.42. The number of aromatic nitrogens is 1. The second kappa shape index (κ2) is 10.0. The highest BCUT2D eigenvalue weighted by molar-refractivity contribution is 5.96. The molecule has 7 heteroatoms. The van der Waals surface area contributed by atoms with Gasteiger partial charge in [-0.05, 0) is 71.3 Å². The Morgan fingerprint density at radius 2 is 1.69 bits per heavy atom. The van der Waals surface area contributed by atoms with Crippen LogP contribution in [-0.2, 0) is 9.53 Å². The van der Waals surface area contributed by atoms with E-state index in [2.05, 4.69) is 4.98 Å². The smallest absolute Gasteiger partial charge is 0.326 e. The molecule has 0 atom stereocenters. The molecule has 29 heavy (non-hydrogen) atoms. The number of carbonyl (C=O) groups excluding carboxylic acids is 2. The third-order valence-corrected chi connectivity index (χ3v) is 3.82. The fourth-order valence-electron chi connectivity index (χ4n) is 2.49. The van der Waals surface area contributed by atoms with Gasteiger partial charge in [0.05, 0.1) is 6.20 Å². The third kappa shape index (κ3) is 7.91. The predicted octanol–water partition coefficient (Wildman–Crippen LogP) is 3.22. The topological polar surface area (TPSA) is 72.0 Å². The van der Waals surface area contributed by atoms with E-state index in [0.717, 1.165) is 0 Å². The van der Waals surface area contributed by atoms with Gasteiger partial charge in [0.25, 0.3) is 5.91 Å². The van der Waals surface area contributed by atoms with Crippen LogP contribution >= 0.6 is 0 Å². The van der Waals surface area contributed by atoms with E-state index in [-0.39, 0.29) is 12.5 Å². The SMILES string of the molecule is CN(C)CCN(CC(=O)OC(C)(C)C)C(=O)c1ccc(Oc2cccnc2)cc1. The van der Waals surface area contributed by atoms with Crippen molar-refractivity contribution in [2.45, 2.75) is 26.4 Å². The van der Waals surface area contributed by atoms with Crippen LogP contribution in [0.25, 0.3) is 0 Å². The van der Waals surface area contributed by atoms with Crippen LogP contribution in [0.1, 0.15) is 31.1 Å². The fourth-order valence-corrected chi connectivity index (χ4v) is 2.49. The maximum Gasteiger partial charge on any atom is 0.326 e. The standard InChI is InChI=1S/C22H29N3O4/c1-22(2,3)29-20(26)16-25(14-13-24(4)5)21(27)17-8-10-18(11-9-17)28-19-7-6-12-23-15-19/h6-12,15H,13-14,16H2,1-5H3. The molecule has 1 aromatic carbocycles. The van der Waals surface area contributed by atoms with Crippen LogP contribution in [0.5, 0.6) is 11.5 Å². The molecule has 156 valence electrons. The summed E-state index contributed by atoms with van der Waals surface area (Å²) in [5.41, 5.74) is -0.121. The molecule has 2 rings (SSSR count). The summed E-state index contributed by atoms with van der Waals surface area (Å²) in [5.74, 6) is 0.553. The molecule has 1 amide bonds. The largest absolute Gasteiger partial charge is 0.459 e. The zero-order valence-electron chi connectivity index (χ0n) is 17.7. The zero-order valence-corrected chi connectivity index (χ0v) is 17.7. The van der Waals surface area contributed by atoms with Crippen molar-refractivity contribution in [3.8, 4) is 11.5 Å². The molecule has 7 nitrogen and oxygen atoms in total. The Morgan fingerprint density at radius 3 is 2.24 bits per heavy atom. The Bertz CT molecular complexity index is 799. The molecule has 1 heterocycles. The molecule has 0 N–H and O–H groups in total. The van der Waals surface area contributed by atoms with E-state index in [1.54, 1.807) is 69.6 Å². The van der Waals surface area contributed by atoms with E-state index < -0.39 is 11.6 Å².